The van der Waals surface area contributed by atoms with E-state index in [0.717, 1.165) is 30.5 Å². The normalized spacial score (nSPS) is 17.9. The number of hydrogen-bond acceptors (Lipinski definition) is 6. The minimum absolute atomic E-state index is 0.00357. The molecular formula is C25H24ClN7O. The van der Waals surface area contributed by atoms with Crippen LogP contribution in [-0.4, -0.2) is 43.2 Å². The lowest BCUT2D eigenvalue weighted by molar-refractivity contribution is 0.0989. The number of Topliss-reactive ketones (excluding diaryl/α,β-unsaturated/α-hetero) is 1. The molecule has 3 aromatic heterocycles. The number of hydrogen-bond donors (Lipinski definition) is 2. The number of carbonyl (C=O) groups is 1. The maximum absolute atomic E-state index is 12.7. The Morgan fingerprint density at radius 2 is 2.09 bits per heavy atom. The largest absolute Gasteiger partial charge is 0.383 e. The van der Waals surface area contributed by atoms with Crippen LogP contribution < -0.4 is 11.1 Å². The lowest BCUT2D eigenvalue weighted by atomic mass is 10.1. The van der Waals surface area contributed by atoms with Gasteiger partial charge in [-0.3, -0.25) is 9.48 Å². The van der Waals surface area contributed by atoms with E-state index in [1.807, 2.05) is 30.1 Å². The molecule has 4 aromatic rings. The van der Waals surface area contributed by atoms with Crippen LogP contribution in [0.4, 0.5) is 5.82 Å². The van der Waals surface area contributed by atoms with Gasteiger partial charge in [0.05, 0.1) is 44.9 Å². The monoisotopic (exact) mass is 473 g/mol. The molecule has 9 heteroatoms. The summed E-state index contributed by atoms with van der Waals surface area (Å²) in [5.74, 6) is 6.66. The van der Waals surface area contributed by atoms with Gasteiger partial charge in [-0.1, -0.05) is 24.4 Å². The summed E-state index contributed by atoms with van der Waals surface area (Å²) in [6, 6.07) is 4.49. The van der Waals surface area contributed by atoms with E-state index in [4.69, 9.17) is 22.4 Å². The quantitative estimate of drug-likeness (QED) is 0.344. The van der Waals surface area contributed by atoms with Crippen LogP contribution in [0, 0.1) is 11.8 Å². The van der Waals surface area contributed by atoms with E-state index in [-0.39, 0.29) is 11.8 Å². The topological polar surface area (TPSA) is 104 Å². The summed E-state index contributed by atoms with van der Waals surface area (Å²) < 4.78 is 4.09. The average molecular weight is 474 g/mol. The molecule has 1 unspecified atom stereocenters. The molecule has 1 aromatic carbocycles. The summed E-state index contributed by atoms with van der Waals surface area (Å²) in [5, 5.41) is 9.37. The molecule has 2 fully saturated rings. The predicted octanol–water partition coefficient (Wildman–Crippen LogP) is 3.88. The molecule has 0 bridgehead atoms. The first-order chi connectivity index (χ1) is 16.5. The molecule has 1 saturated carbocycles. The molecule has 1 aliphatic heterocycles. The first kappa shape index (κ1) is 21.1. The summed E-state index contributed by atoms with van der Waals surface area (Å²) in [5.41, 5.74) is 10.6. The number of ketones is 1. The fourth-order valence-electron chi connectivity index (χ4n) is 4.70. The van der Waals surface area contributed by atoms with E-state index in [1.54, 1.807) is 6.20 Å². The lowest BCUT2D eigenvalue weighted by Crippen LogP contribution is -2.16. The van der Waals surface area contributed by atoms with Crippen molar-refractivity contribution in [2.24, 2.45) is 0 Å². The van der Waals surface area contributed by atoms with Gasteiger partial charge in [0, 0.05) is 30.8 Å². The zero-order valence-corrected chi connectivity index (χ0v) is 19.6. The SMILES string of the molecule is CCC(=O)c1cnc(N)c2c(C#Cc3cc4ncn(C5CC5)c4cc3Cl)nn(C3CCNC3)c12. The number of rotatable bonds is 4. The van der Waals surface area contributed by atoms with Crippen molar-refractivity contribution < 1.29 is 4.79 Å². The molecule has 172 valence electrons. The first-order valence-corrected chi connectivity index (χ1v) is 12.0. The zero-order valence-electron chi connectivity index (χ0n) is 18.8. The van der Waals surface area contributed by atoms with Crippen LogP contribution in [0.3, 0.4) is 0 Å². The van der Waals surface area contributed by atoms with E-state index >= 15 is 0 Å². The van der Waals surface area contributed by atoms with Crippen molar-refractivity contribution in [1.29, 1.82) is 0 Å². The Morgan fingerprint density at radius 3 is 2.82 bits per heavy atom. The number of nitrogens with two attached hydrogens (primary N) is 1. The summed E-state index contributed by atoms with van der Waals surface area (Å²) in [6.07, 6.45) is 7.07. The van der Waals surface area contributed by atoms with Gasteiger partial charge >= 0.3 is 0 Å². The van der Waals surface area contributed by atoms with Gasteiger partial charge in [0.1, 0.15) is 11.5 Å². The van der Waals surface area contributed by atoms with Crippen molar-refractivity contribution in [2.75, 3.05) is 18.8 Å². The number of halogens is 1. The van der Waals surface area contributed by atoms with Crippen molar-refractivity contribution in [3.05, 3.63) is 46.5 Å². The van der Waals surface area contributed by atoms with Gasteiger partial charge in [-0.05, 0) is 43.9 Å². The smallest absolute Gasteiger partial charge is 0.166 e. The highest BCUT2D eigenvalue weighted by Gasteiger charge is 2.27. The van der Waals surface area contributed by atoms with Gasteiger partial charge in [-0.2, -0.15) is 5.10 Å². The van der Waals surface area contributed by atoms with Crippen molar-refractivity contribution in [3.63, 3.8) is 0 Å². The minimum atomic E-state index is 0.00357. The number of fused-ring (bicyclic) bond motifs is 2. The Bertz CT molecular complexity index is 1510. The van der Waals surface area contributed by atoms with Crippen molar-refractivity contribution in [3.8, 4) is 11.8 Å². The molecule has 3 N–H and O–H groups in total. The highest BCUT2D eigenvalue weighted by molar-refractivity contribution is 6.32. The number of imidazole rings is 1. The standard InChI is InChI=1S/C25H24ClN7O/c1-2-22(34)17-12-29-25(27)23-19(31-33(24(17)23)16-7-8-28-11-16)6-3-14-9-20-21(10-18(14)26)32(13-30-20)15-4-5-15/h9-10,12-13,15-16,28H,2,4-5,7-8,11H2,1H3,(H2,27,29). The van der Waals surface area contributed by atoms with Gasteiger partial charge < -0.3 is 15.6 Å². The number of pyridine rings is 1. The molecule has 4 heterocycles. The second-order valence-corrected chi connectivity index (χ2v) is 9.36. The van der Waals surface area contributed by atoms with Crippen LogP contribution in [0.15, 0.2) is 24.7 Å². The second kappa shape index (κ2) is 8.12. The molecular weight excluding hydrogens is 450 g/mol. The van der Waals surface area contributed by atoms with Crippen LogP contribution in [0.5, 0.6) is 0 Å². The number of nitrogen functional groups attached to an aromatic ring is 1. The molecule has 0 spiro atoms. The summed E-state index contributed by atoms with van der Waals surface area (Å²) >= 11 is 6.61. The fourth-order valence-corrected chi connectivity index (χ4v) is 4.91. The highest BCUT2D eigenvalue weighted by atomic mass is 35.5. The third-order valence-electron chi connectivity index (χ3n) is 6.68. The number of aromatic nitrogens is 5. The Balaban J connectivity index is 1.50. The maximum atomic E-state index is 12.7. The summed E-state index contributed by atoms with van der Waals surface area (Å²) in [7, 11) is 0. The number of nitrogens with zero attached hydrogens (tertiary/aromatic N) is 5. The predicted molar refractivity (Wildman–Crippen MR) is 132 cm³/mol. The van der Waals surface area contributed by atoms with Crippen molar-refractivity contribution in [1.82, 2.24) is 29.6 Å². The van der Waals surface area contributed by atoms with Crippen LogP contribution in [-0.2, 0) is 0 Å². The molecule has 6 rings (SSSR count). The van der Waals surface area contributed by atoms with Gasteiger partial charge in [0.15, 0.2) is 5.78 Å². The van der Waals surface area contributed by atoms with Crippen LogP contribution in [0.25, 0.3) is 21.9 Å². The van der Waals surface area contributed by atoms with E-state index in [0.29, 0.717) is 51.0 Å². The van der Waals surface area contributed by atoms with Crippen LogP contribution in [0.1, 0.15) is 66.3 Å². The Labute approximate surface area is 201 Å². The van der Waals surface area contributed by atoms with E-state index in [9.17, 15) is 4.79 Å². The number of nitrogens with one attached hydrogen (secondary N) is 1. The van der Waals surface area contributed by atoms with Gasteiger partial charge in [-0.15, -0.1) is 0 Å². The number of anilines is 1. The van der Waals surface area contributed by atoms with Gasteiger partial charge in [-0.25, -0.2) is 9.97 Å². The van der Waals surface area contributed by atoms with E-state index < -0.39 is 0 Å². The molecule has 8 nitrogen and oxygen atoms in total. The Morgan fingerprint density at radius 1 is 1.24 bits per heavy atom. The van der Waals surface area contributed by atoms with Gasteiger partial charge in [0.2, 0.25) is 0 Å². The lowest BCUT2D eigenvalue weighted by Gasteiger charge is -2.12. The summed E-state index contributed by atoms with van der Waals surface area (Å²) in [4.78, 5) is 21.6. The fraction of sp³-hybridized carbons (Fsp3) is 0.360. The first-order valence-electron chi connectivity index (χ1n) is 11.6. The molecule has 1 saturated heterocycles. The zero-order chi connectivity index (χ0) is 23.4. The highest BCUT2D eigenvalue weighted by Crippen LogP contribution is 2.38. The maximum Gasteiger partial charge on any atom is 0.166 e. The molecule has 1 atom stereocenters. The molecule has 34 heavy (non-hydrogen) atoms. The van der Waals surface area contributed by atoms with Gasteiger partial charge in [0.25, 0.3) is 0 Å². The molecule has 0 amide bonds. The van der Waals surface area contributed by atoms with Crippen molar-refractivity contribution >= 4 is 45.1 Å². The van der Waals surface area contributed by atoms with E-state index in [2.05, 4.69) is 31.7 Å². The minimum Gasteiger partial charge on any atom is -0.383 e. The number of carbonyl (C=O) groups excluding carboxylic acids is 1. The van der Waals surface area contributed by atoms with E-state index in [1.165, 1.54) is 12.8 Å². The Kier molecular flexibility index (Phi) is 5.05. The van der Waals surface area contributed by atoms with Crippen molar-refractivity contribution in [2.45, 2.75) is 44.7 Å². The van der Waals surface area contributed by atoms with Crippen LogP contribution >= 0.6 is 11.6 Å². The Hall–Kier alpha value is -3.41. The third kappa shape index (κ3) is 3.44. The third-order valence-corrected chi connectivity index (χ3v) is 6.99. The average Bonchev–Trinajstić information content (AvgIpc) is 3.22. The number of benzene rings is 1. The second-order valence-electron chi connectivity index (χ2n) is 8.95. The molecule has 0 radical (unpaired) electrons. The van der Waals surface area contributed by atoms with Crippen LogP contribution in [0.2, 0.25) is 5.02 Å². The summed E-state index contributed by atoms with van der Waals surface area (Å²) in [6.45, 7) is 3.51. The molecule has 2 aliphatic rings. The molecule has 1 aliphatic carbocycles.